The lowest BCUT2D eigenvalue weighted by Crippen LogP contribution is -2.16. The Kier molecular flexibility index (Phi) is 11.1. The summed E-state index contributed by atoms with van der Waals surface area (Å²) in [4.78, 5) is 15.7. The number of thioether (sulfide) groups is 2. The van der Waals surface area contributed by atoms with E-state index in [1.165, 1.54) is 61.0 Å². The molecule has 3 nitrogen and oxygen atoms in total. The molecule has 126 valence electrons. The summed E-state index contributed by atoms with van der Waals surface area (Å²) in [6, 6.07) is 0. The first-order chi connectivity index (χ1) is 10.6. The maximum atomic E-state index is 11.3. The van der Waals surface area contributed by atoms with E-state index in [0.717, 1.165) is 29.3 Å². The lowest BCUT2D eigenvalue weighted by Gasteiger charge is -2.10. The molecule has 0 aliphatic heterocycles. The molecule has 0 aliphatic carbocycles. The minimum Gasteiger partial charge on any atom is -0.480 e. The first-order valence-corrected chi connectivity index (χ1v) is 11.1. The quantitative estimate of drug-likeness (QED) is 0.372. The molecule has 1 aromatic heterocycles. The lowest BCUT2D eigenvalue weighted by molar-refractivity contribution is -0.136. The molecule has 1 unspecified atom stereocenters. The molecule has 1 N–H and O–H groups in total. The van der Waals surface area contributed by atoms with Crippen molar-refractivity contribution in [1.29, 1.82) is 0 Å². The Bertz CT molecular complexity index is 423. The van der Waals surface area contributed by atoms with Gasteiger partial charge in [-0.2, -0.15) is 11.8 Å². The zero-order valence-corrected chi connectivity index (χ0v) is 16.0. The van der Waals surface area contributed by atoms with Crippen molar-refractivity contribution in [3.63, 3.8) is 0 Å². The zero-order chi connectivity index (χ0) is 16.2. The highest BCUT2D eigenvalue weighted by Gasteiger charge is 2.19. The van der Waals surface area contributed by atoms with Crippen molar-refractivity contribution in [3.05, 3.63) is 11.1 Å². The number of carboxylic acids is 1. The molecule has 0 radical (unpaired) electrons. The van der Waals surface area contributed by atoms with Gasteiger partial charge in [0.05, 0.1) is 0 Å². The molecule has 22 heavy (non-hydrogen) atoms. The Labute approximate surface area is 146 Å². The molecular formula is C16H27NO2S3. The number of thiazole rings is 1. The number of carbonyl (C=O) groups is 1. The molecule has 0 bridgehead atoms. The third-order valence-corrected chi connectivity index (χ3v) is 6.47. The highest BCUT2D eigenvalue weighted by molar-refractivity contribution is 8.02. The van der Waals surface area contributed by atoms with E-state index in [9.17, 15) is 9.90 Å². The monoisotopic (exact) mass is 361 g/mol. The maximum Gasteiger partial charge on any atom is 0.317 e. The van der Waals surface area contributed by atoms with Gasteiger partial charge in [0.25, 0.3) is 0 Å². The van der Waals surface area contributed by atoms with E-state index in [-0.39, 0.29) is 5.25 Å². The second kappa shape index (κ2) is 12.3. The summed E-state index contributed by atoms with van der Waals surface area (Å²) in [5.74, 6) is 0.559. The van der Waals surface area contributed by atoms with Crippen molar-refractivity contribution >= 4 is 40.8 Å². The Morgan fingerprint density at radius 3 is 2.41 bits per heavy atom. The predicted molar refractivity (Wildman–Crippen MR) is 99.4 cm³/mol. The van der Waals surface area contributed by atoms with Gasteiger partial charge in [-0.15, -0.1) is 11.3 Å². The first kappa shape index (κ1) is 19.8. The Morgan fingerprint density at radius 1 is 1.23 bits per heavy atom. The molecular weight excluding hydrogens is 334 g/mol. The topological polar surface area (TPSA) is 50.2 Å². The van der Waals surface area contributed by atoms with E-state index in [1.54, 1.807) is 0 Å². The predicted octanol–water partition coefficient (Wildman–Crippen LogP) is 5.48. The second-order valence-electron chi connectivity index (χ2n) is 5.46. The Hall–Kier alpha value is -0.200. The van der Waals surface area contributed by atoms with Crippen LogP contribution >= 0.6 is 34.9 Å². The summed E-state index contributed by atoms with van der Waals surface area (Å²) in [6.07, 6.45) is 11.5. The van der Waals surface area contributed by atoms with Crippen LogP contribution in [0.3, 0.4) is 0 Å². The highest BCUT2D eigenvalue weighted by Crippen LogP contribution is 2.29. The number of nitrogens with zero attached hydrogens (tertiary/aromatic N) is 1. The van der Waals surface area contributed by atoms with E-state index < -0.39 is 5.97 Å². The highest BCUT2D eigenvalue weighted by atomic mass is 32.2. The van der Waals surface area contributed by atoms with Crippen LogP contribution in [0.1, 0.15) is 57.1 Å². The molecule has 0 aliphatic rings. The first-order valence-electron chi connectivity index (χ1n) is 7.94. The van der Waals surface area contributed by atoms with Crippen LogP contribution < -0.4 is 0 Å². The SMILES string of the molecule is CSCCCCCCCCCC(Sc1nc(C)cs1)C(=O)O. The van der Waals surface area contributed by atoms with E-state index in [4.69, 9.17) is 0 Å². The fourth-order valence-electron chi connectivity index (χ4n) is 2.20. The lowest BCUT2D eigenvalue weighted by atomic mass is 10.1. The second-order valence-corrected chi connectivity index (χ2v) is 8.75. The number of hydrogen-bond acceptors (Lipinski definition) is 5. The molecule has 0 saturated carbocycles. The van der Waals surface area contributed by atoms with Crippen LogP contribution in [0.15, 0.2) is 9.72 Å². The van der Waals surface area contributed by atoms with Crippen molar-refractivity contribution in [2.45, 2.75) is 67.9 Å². The van der Waals surface area contributed by atoms with Gasteiger partial charge in [0.2, 0.25) is 0 Å². The number of aliphatic carboxylic acids is 1. The van der Waals surface area contributed by atoms with Gasteiger partial charge in [-0.25, -0.2) is 4.98 Å². The fraction of sp³-hybridized carbons (Fsp3) is 0.750. The number of aromatic nitrogens is 1. The third-order valence-electron chi connectivity index (χ3n) is 3.43. The van der Waals surface area contributed by atoms with Crippen LogP contribution in [-0.2, 0) is 4.79 Å². The van der Waals surface area contributed by atoms with E-state index >= 15 is 0 Å². The molecule has 1 aromatic rings. The van der Waals surface area contributed by atoms with Crippen LogP contribution in [0.4, 0.5) is 0 Å². The maximum absolute atomic E-state index is 11.3. The number of hydrogen-bond donors (Lipinski definition) is 1. The van der Waals surface area contributed by atoms with Gasteiger partial charge in [0.1, 0.15) is 5.25 Å². The van der Waals surface area contributed by atoms with Crippen molar-refractivity contribution < 1.29 is 9.90 Å². The van der Waals surface area contributed by atoms with Gasteiger partial charge in [-0.1, -0.05) is 50.3 Å². The van der Waals surface area contributed by atoms with Gasteiger partial charge in [0, 0.05) is 11.1 Å². The van der Waals surface area contributed by atoms with E-state index in [2.05, 4.69) is 11.2 Å². The number of unbranched alkanes of at least 4 members (excludes halogenated alkanes) is 6. The zero-order valence-electron chi connectivity index (χ0n) is 13.5. The molecule has 0 fully saturated rings. The summed E-state index contributed by atoms with van der Waals surface area (Å²) < 4.78 is 0.874. The van der Waals surface area contributed by atoms with Crippen molar-refractivity contribution in [2.75, 3.05) is 12.0 Å². The Morgan fingerprint density at radius 2 is 1.86 bits per heavy atom. The number of aryl methyl sites for hydroxylation is 1. The van der Waals surface area contributed by atoms with E-state index in [0.29, 0.717) is 0 Å². The minimum atomic E-state index is -0.713. The van der Waals surface area contributed by atoms with Gasteiger partial charge in [0.15, 0.2) is 4.34 Å². The molecule has 1 heterocycles. The largest absolute Gasteiger partial charge is 0.480 e. The van der Waals surface area contributed by atoms with Gasteiger partial charge in [-0.05, 0) is 31.8 Å². The van der Waals surface area contributed by atoms with Gasteiger partial charge >= 0.3 is 5.97 Å². The fourth-order valence-corrected chi connectivity index (χ4v) is 4.76. The van der Waals surface area contributed by atoms with Crippen molar-refractivity contribution in [3.8, 4) is 0 Å². The number of rotatable bonds is 13. The van der Waals surface area contributed by atoms with Crippen LogP contribution in [0.5, 0.6) is 0 Å². The molecule has 1 rings (SSSR count). The van der Waals surface area contributed by atoms with Crippen LogP contribution in [0, 0.1) is 6.92 Å². The Balaban J connectivity index is 2.10. The summed E-state index contributed by atoms with van der Waals surface area (Å²) in [5.41, 5.74) is 0.970. The molecule has 0 spiro atoms. The normalized spacial score (nSPS) is 12.5. The summed E-state index contributed by atoms with van der Waals surface area (Å²) in [5, 5.41) is 10.9. The molecule has 0 saturated heterocycles. The van der Waals surface area contributed by atoms with Crippen LogP contribution in [0.2, 0.25) is 0 Å². The smallest absolute Gasteiger partial charge is 0.317 e. The number of carboxylic acid groups (broad SMARTS) is 1. The summed E-state index contributed by atoms with van der Waals surface area (Å²) in [7, 11) is 0. The van der Waals surface area contributed by atoms with Crippen LogP contribution in [-0.4, -0.2) is 33.3 Å². The minimum absolute atomic E-state index is 0.355. The van der Waals surface area contributed by atoms with Crippen molar-refractivity contribution in [2.24, 2.45) is 0 Å². The van der Waals surface area contributed by atoms with Gasteiger partial charge < -0.3 is 5.11 Å². The van der Waals surface area contributed by atoms with E-state index in [1.807, 2.05) is 24.1 Å². The average molecular weight is 362 g/mol. The molecule has 6 heteroatoms. The molecule has 0 aromatic carbocycles. The molecule has 0 amide bonds. The third kappa shape index (κ3) is 9.06. The van der Waals surface area contributed by atoms with Crippen LogP contribution in [0.25, 0.3) is 0 Å². The average Bonchev–Trinajstić information content (AvgIpc) is 2.89. The van der Waals surface area contributed by atoms with Crippen molar-refractivity contribution in [1.82, 2.24) is 4.98 Å². The van der Waals surface area contributed by atoms with Gasteiger partial charge in [-0.3, -0.25) is 4.79 Å². The molecule has 1 atom stereocenters. The summed E-state index contributed by atoms with van der Waals surface area (Å²) >= 11 is 4.86. The summed E-state index contributed by atoms with van der Waals surface area (Å²) in [6.45, 7) is 1.94. The standard InChI is InChI=1S/C16H27NO2S3/c1-13-12-21-16(17-13)22-14(15(18)19)10-8-6-4-3-5-7-9-11-20-2/h12,14H,3-11H2,1-2H3,(H,18,19).